The first kappa shape index (κ1) is 27.7. The molecule has 0 atom stereocenters. The molecular formula is C34H21BBr2ClFN2P. The van der Waals surface area contributed by atoms with E-state index in [9.17, 15) is 0 Å². The van der Waals surface area contributed by atoms with Crippen molar-refractivity contribution in [3.8, 4) is 44.9 Å². The molecule has 0 saturated carbocycles. The molecule has 3 aromatic heterocycles. The van der Waals surface area contributed by atoms with E-state index in [0.717, 1.165) is 88.7 Å². The van der Waals surface area contributed by atoms with Gasteiger partial charge in [0.2, 0.25) is 0 Å². The third kappa shape index (κ3) is 4.85. The quantitative estimate of drug-likeness (QED) is 0.172. The maximum Gasteiger partial charge on any atom is 0.495 e. The maximum atomic E-state index is 15.1. The lowest BCUT2D eigenvalue weighted by Crippen LogP contribution is -2.04. The smallest absolute Gasteiger partial charge is 0.357 e. The van der Waals surface area contributed by atoms with E-state index >= 15 is 4.32 Å². The standard InChI is InChI=1S/C34H21BBr2ClFN2P/c1-19-15-26(38)31-29(16-19)42-30-18-28(22-9-13-24(37)14-10-22)41(35-39)34(30)32(31)33-25(20-5-3-2-4-6-20)17-27(40-33)21-7-11-23(36)12-8-21/h2-18,40H,1H3. The molecule has 2 nitrogen and oxygen atoms in total. The van der Waals surface area contributed by atoms with E-state index in [2.05, 4.69) is 86.2 Å². The van der Waals surface area contributed by atoms with Crippen molar-refractivity contribution in [2.75, 3.05) is 0 Å². The molecule has 3 heterocycles. The van der Waals surface area contributed by atoms with Crippen LogP contribution in [-0.2, 0) is 0 Å². The summed E-state index contributed by atoms with van der Waals surface area (Å²) in [6.45, 7) is 2.06. The van der Waals surface area contributed by atoms with Gasteiger partial charge in [-0.1, -0.05) is 106 Å². The highest BCUT2D eigenvalue weighted by Crippen LogP contribution is 2.49. The lowest BCUT2D eigenvalue weighted by Gasteiger charge is -2.15. The average molecular weight is 714 g/mol. The Balaban J connectivity index is 1.63. The first-order chi connectivity index (χ1) is 20.4. The molecule has 1 N–H and O–H groups in total. The van der Waals surface area contributed by atoms with Crippen LogP contribution in [0.3, 0.4) is 0 Å². The molecule has 0 saturated heterocycles. The van der Waals surface area contributed by atoms with Crippen LogP contribution in [0, 0.1) is 6.92 Å². The summed E-state index contributed by atoms with van der Waals surface area (Å²) >= 11 is 14.2. The second-order valence-electron chi connectivity index (χ2n) is 10.2. The molecule has 7 aromatic rings. The summed E-state index contributed by atoms with van der Waals surface area (Å²) in [5, 5.41) is 3.68. The summed E-state index contributed by atoms with van der Waals surface area (Å²) in [6, 6.07) is 34.9. The molecule has 8 heteroatoms. The van der Waals surface area contributed by atoms with Crippen LogP contribution in [0.1, 0.15) is 5.56 Å². The molecule has 4 aromatic carbocycles. The van der Waals surface area contributed by atoms with Gasteiger partial charge in [0.15, 0.2) is 0 Å². The summed E-state index contributed by atoms with van der Waals surface area (Å²) in [6.07, 6.45) is 0. The van der Waals surface area contributed by atoms with Gasteiger partial charge in [-0.3, -0.25) is 0 Å². The van der Waals surface area contributed by atoms with Crippen LogP contribution < -0.4 is 0 Å². The van der Waals surface area contributed by atoms with Crippen molar-refractivity contribution in [3.05, 3.63) is 123 Å². The zero-order chi connectivity index (χ0) is 29.0. The lowest BCUT2D eigenvalue weighted by atomic mass is 9.98. The summed E-state index contributed by atoms with van der Waals surface area (Å²) in [4.78, 5) is 3.75. The Labute approximate surface area is 267 Å². The van der Waals surface area contributed by atoms with Crippen molar-refractivity contribution in [2.45, 2.75) is 6.92 Å². The van der Waals surface area contributed by atoms with Gasteiger partial charge >= 0.3 is 7.69 Å². The minimum atomic E-state index is 0.647. The maximum absolute atomic E-state index is 15.1. The van der Waals surface area contributed by atoms with Crippen molar-refractivity contribution in [1.29, 1.82) is 0 Å². The number of aromatic nitrogens is 2. The van der Waals surface area contributed by atoms with Gasteiger partial charge in [-0.05, 0) is 77.7 Å². The number of nitrogens with one attached hydrogen (secondary N) is 1. The van der Waals surface area contributed by atoms with Gasteiger partial charge in [0.05, 0.1) is 11.2 Å². The first-order valence-corrected chi connectivity index (χ1v) is 16.2. The fourth-order valence-corrected chi connectivity index (χ4v) is 7.97. The summed E-state index contributed by atoms with van der Waals surface area (Å²) in [7, 11) is 1.64. The largest absolute Gasteiger partial charge is 0.495 e. The third-order valence-electron chi connectivity index (χ3n) is 7.50. The van der Waals surface area contributed by atoms with Crippen molar-refractivity contribution in [2.24, 2.45) is 0 Å². The number of aromatic amines is 1. The van der Waals surface area contributed by atoms with E-state index in [-0.39, 0.29) is 0 Å². The summed E-state index contributed by atoms with van der Waals surface area (Å²) in [5.41, 5.74) is 9.45. The SMILES string of the molecule is Cc1cc(Cl)c2c(-c3[nH]c(-c4ccc(Br)cc4)cc3-c3ccccc3)c3c(cc(-c4ccc(Br)cc4)n3[B]F)pc2c1. The van der Waals surface area contributed by atoms with Crippen molar-refractivity contribution >= 4 is 80.5 Å². The zero-order valence-corrected chi connectivity index (χ0v) is 27.1. The topological polar surface area (TPSA) is 20.7 Å². The second-order valence-corrected chi connectivity index (χ2v) is 13.6. The minimum absolute atomic E-state index is 0.647. The molecule has 0 aliphatic carbocycles. The van der Waals surface area contributed by atoms with Gasteiger partial charge in [0, 0.05) is 52.1 Å². The van der Waals surface area contributed by atoms with Gasteiger partial charge in [0.25, 0.3) is 0 Å². The van der Waals surface area contributed by atoms with Gasteiger partial charge < -0.3 is 13.8 Å². The molecule has 0 aliphatic rings. The normalized spacial score (nSPS) is 11.6. The first-order valence-electron chi connectivity index (χ1n) is 13.3. The molecule has 0 fully saturated rings. The molecule has 0 bridgehead atoms. The van der Waals surface area contributed by atoms with Crippen molar-refractivity contribution in [1.82, 2.24) is 9.46 Å². The van der Waals surface area contributed by atoms with Crippen LogP contribution in [0.2, 0.25) is 5.02 Å². The van der Waals surface area contributed by atoms with E-state index in [4.69, 9.17) is 11.6 Å². The molecule has 0 spiro atoms. The van der Waals surface area contributed by atoms with Gasteiger partial charge in [0.1, 0.15) is 0 Å². The Morgan fingerprint density at radius 3 is 2.12 bits per heavy atom. The average Bonchev–Trinajstić information content (AvgIpc) is 3.59. The van der Waals surface area contributed by atoms with Gasteiger partial charge in [-0.15, -0.1) is 0 Å². The fourth-order valence-electron chi connectivity index (χ4n) is 5.62. The highest BCUT2D eigenvalue weighted by atomic mass is 79.9. The van der Waals surface area contributed by atoms with E-state index in [0.29, 0.717) is 12.7 Å². The number of aryl methyl sites for hydroxylation is 1. The Bertz CT molecular complexity index is 2110. The Hall–Kier alpha value is -3.15. The number of H-pyrrole nitrogens is 1. The molecular weight excluding hydrogens is 692 g/mol. The van der Waals surface area contributed by atoms with Crippen LogP contribution in [0.15, 0.2) is 112 Å². The number of fused-ring (bicyclic) bond motifs is 2. The Morgan fingerprint density at radius 1 is 0.786 bits per heavy atom. The number of benzene rings is 4. The van der Waals surface area contributed by atoms with Crippen LogP contribution in [0.4, 0.5) is 4.32 Å². The molecule has 0 aliphatic heterocycles. The molecule has 1 radical (unpaired) electrons. The molecule has 0 unspecified atom stereocenters. The third-order valence-corrected chi connectivity index (χ3v) is 10.0. The van der Waals surface area contributed by atoms with Gasteiger partial charge in [-0.25, -0.2) is 0 Å². The van der Waals surface area contributed by atoms with Crippen LogP contribution in [0.5, 0.6) is 0 Å². The highest BCUT2D eigenvalue weighted by Gasteiger charge is 2.24. The summed E-state index contributed by atoms with van der Waals surface area (Å²) in [5.74, 6) is 0. The second kappa shape index (κ2) is 11.2. The number of nitrogens with zero attached hydrogens (tertiary/aromatic N) is 1. The number of rotatable bonds is 5. The predicted molar refractivity (Wildman–Crippen MR) is 185 cm³/mol. The van der Waals surface area contributed by atoms with E-state index in [1.807, 2.05) is 60.7 Å². The fraction of sp³-hybridized carbons (Fsp3) is 0.0294. The lowest BCUT2D eigenvalue weighted by molar-refractivity contribution is 0.843. The molecule has 42 heavy (non-hydrogen) atoms. The minimum Gasteiger partial charge on any atom is -0.357 e. The number of hydrogen-bond donors (Lipinski definition) is 1. The van der Waals surface area contributed by atoms with Crippen molar-refractivity contribution < 1.29 is 4.32 Å². The molecule has 203 valence electrons. The van der Waals surface area contributed by atoms with Crippen LogP contribution >= 0.6 is 51.7 Å². The molecule has 0 amide bonds. The molecule has 7 rings (SSSR count). The van der Waals surface area contributed by atoms with Crippen LogP contribution in [-0.4, -0.2) is 17.2 Å². The van der Waals surface area contributed by atoms with Gasteiger partial charge in [-0.2, -0.15) is 0 Å². The Kier molecular flexibility index (Phi) is 7.36. The van der Waals surface area contributed by atoms with E-state index < -0.39 is 0 Å². The number of hydrogen-bond acceptors (Lipinski definition) is 0. The van der Waals surface area contributed by atoms with Crippen molar-refractivity contribution in [3.63, 3.8) is 0 Å². The monoisotopic (exact) mass is 711 g/mol. The summed E-state index contributed by atoms with van der Waals surface area (Å²) < 4.78 is 18.7. The zero-order valence-electron chi connectivity index (χ0n) is 22.3. The van der Waals surface area contributed by atoms with E-state index in [1.165, 1.54) is 0 Å². The Morgan fingerprint density at radius 2 is 1.45 bits per heavy atom. The van der Waals surface area contributed by atoms with Crippen LogP contribution in [0.25, 0.3) is 66.0 Å². The highest BCUT2D eigenvalue weighted by molar-refractivity contribution is 9.10. The number of halogens is 4. The predicted octanol–water partition coefficient (Wildman–Crippen LogP) is 12.2. The van der Waals surface area contributed by atoms with E-state index in [1.54, 1.807) is 4.48 Å².